The fraction of sp³-hybridized carbons (Fsp3) is 0.250. The molecule has 8 nitrogen and oxygen atoms in total. The second kappa shape index (κ2) is 6.83. The molecule has 0 radical (unpaired) electrons. The number of rotatable bonds is 4. The third-order valence-corrected chi connectivity index (χ3v) is 3.79. The number of nitrogens with two attached hydrogens (primary N) is 1. The first-order chi connectivity index (χ1) is 12.7. The van der Waals surface area contributed by atoms with Gasteiger partial charge in [-0.1, -0.05) is 0 Å². The van der Waals surface area contributed by atoms with Gasteiger partial charge >= 0.3 is 6.18 Å². The normalized spacial score (nSPS) is 17.1. The van der Waals surface area contributed by atoms with Gasteiger partial charge in [-0.25, -0.2) is 25.4 Å². The van der Waals surface area contributed by atoms with Crippen LogP contribution in [0.5, 0.6) is 0 Å². The van der Waals surface area contributed by atoms with E-state index in [2.05, 4.69) is 25.7 Å². The molecular formula is C16H17F3N8. The molecule has 0 bridgehead atoms. The number of aliphatic imine (C=N–C) groups is 2. The molecule has 0 saturated heterocycles. The number of allylic oxidation sites excluding steroid dienone is 1. The molecule has 0 amide bonds. The number of hydrogen-bond donors (Lipinski definition) is 4. The fourth-order valence-electron chi connectivity index (χ4n) is 2.70. The van der Waals surface area contributed by atoms with E-state index in [0.717, 1.165) is 6.07 Å². The molecule has 2 aliphatic rings. The van der Waals surface area contributed by atoms with Gasteiger partial charge < -0.3 is 11.1 Å². The van der Waals surface area contributed by atoms with Crippen molar-refractivity contribution < 1.29 is 13.2 Å². The Labute approximate surface area is 152 Å². The summed E-state index contributed by atoms with van der Waals surface area (Å²) in [6.07, 6.45) is -1.66. The van der Waals surface area contributed by atoms with Gasteiger partial charge in [-0.05, 0) is 36.9 Å². The van der Waals surface area contributed by atoms with Crippen LogP contribution in [0.1, 0.15) is 17.0 Å². The third-order valence-electron chi connectivity index (χ3n) is 3.79. The number of aromatic nitrogens is 1. The summed E-state index contributed by atoms with van der Waals surface area (Å²) >= 11 is 0. The van der Waals surface area contributed by atoms with Crippen LogP contribution in [0.25, 0.3) is 5.57 Å². The highest BCUT2D eigenvalue weighted by Gasteiger charge is 2.36. The summed E-state index contributed by atoms with van der Waals surface area (Å²) in [6.45, 7) is 1.66. The molecule has 2 aliphatic heterocycles. The largest absolute Gasteiger partial charge is 0.433 e. The number of pyridine rings is 1. The van der Waals surface area contributed by atoms with E-state index in [1.165, 1.54) is 30.3 Å². The molecule has 3 rings (SSSR count). The Morgan fingerprint density at radius 1 is 1.41 bits per heavy atom. The molecule has 27 heavy (non-hydrogen) atoms. The van der Waals surface area contributed by atoms with Crippen molar-refractivity contribution in [2.45, 2.75) is 13.1 Å². The van der Waals surface area contributed by atoms with E-state index in [1.54, 1.807) is 7.05 Å². The molecule has 0 fully saturated rings. The summed E-state index contributed by atoms with van der Waals surface area (Å²) in [5, 5.41) is 12.4. The van der Waals surface area contributed by atoms with Crippen molar-refractivity contribution in [2.75, 3.05) is 13.7 Å². The number of amidine groups is 1. The second-order valence-corrected chi connectivity index (χ2v) is 5.74. The molecule has 11 heteroatoms. The van der Waals surface area contributed by atoms with Crippen LogP contribution in [-0.4, -0.2) is 41.2 Å². The predicted molar refractivity (Wildman–Crippen MR) is 95.7 cm³/mol. The van der Waals surface area contributed by atoms with E-state index in [9.17, 15) is 13.2 Å². The molecule has 0 atom stereocenters. The molecule has 0 spiro atoms. The third kappa shape index (κ3) is 3.53. The first kappa shape index (κ1) is 18.6. The number of alkyl halides is 3. The Hall–Kier alpha value is -3.21. The standard InChI is InChI=1S/C16H17F3N8/c1-8-5-9(6-11(25-8)16(17,18)19)12-13(10(20)3-4-22-2)26-15(21)27-14(12)23-7-24-27/h3-6,20,22,24H,7H2,1-2H3,(H2,21,26)/b4-3-,20-10?. The van der Waals surface area contributed by atoms with Gasteiger partial charge in [0.05, 0.1) is 11.3 Å². The van der Waals surface area contributed by atoms with Gasteiger partial charge in [-0.15, -0.1) is 0 Å². The maximum absolute atomic E-state index is 13.2. The Morgan fingerprint density at radius 3 is 2.81 bits per heavy atom. The maximum Gasteiger partial charge on any atom is 0.433 e. The number of nitrogens with one attached hydrogen (secondary N) is 3. The number of halogens is 3. The highest BCUT2D eigenvalue weighted by Crippen LogP contribution is 2.33. The zero-order chi connectivity index (χ0) is 19.8. The van der Waals surface area contributed by atoms with E-state index in [1.807, 2.05) is 0 Å². The first-order valence-corrected chi connectivity index (χ1v) is 7.88. The Morgan fingerprint density at radius 2 is 2.15 bits per heavy atom. The molecule has 0 aromatic carbocycles. The number of guanidine groups is 1. The molecule has 3 heterocycles. The number of fused-ring (bicyclic) bond motifs is 1. The van der Waals surface area contributed by atoms with Crippen molar-refractivity contribution in [1.82, 2.24) is 20.7 Å². The lowest BCUT2D eigenvalue weighted by atomic mass is 9.98. The van der Waals surface area contributed by atoms with Gasteiger partial charge in [-0.3, -0.25) is 5.41 Å². The summed E-state index contributed by atoms with van der Waals surface area (Å²) in [7, 11) is 1.66. The molecule has 0 saturated carbocycles. The van der Waals surface area contributed by atoms with Crippen molar-refractivity contribution in [1.29, 1.82) is 5.41 Å². The summed E-state index contributed by atoms with van der Waals surface area (Å²) < 4.78 is 39.7. The van der Waals surface area contributed by atoms with Crippen molar-refractivity contribution in [3.8, 4) is 0 Å². The van der Waals surface area contributed by atoms with Gasteiger partial charge in [0.2, 0.25) is 5.96 Å². The monoisotopic (exact) mass is 378 g/mol. The number of hydrogen-bond acceptors (Lipinski definition) is 8. The fourth-order valence-corrected chi connectivity index (χ4v) is 2.70. The lowest BCUT2D eigenvalue weighted by molar-refractivity contribution is -0.141. The predicted octanol–water partition coefficient (Wildman–Crippen LogP) is 1.38. The van der Waals surface area contributed by atoms with E-state index >= 15 is 0 Å². The lowest BCUT2D eigenvalue weighted by Crippen LogP contribution is -2.49. The number of aryl methyl sites for hydroxylation is 1. The lowest BCUT2D eigenvalue weighted by Gasteiger charge is -2.27. The number of nitrogens with zero attached hydrogens (tertiary/aromatic N) is 4. The summed E-state index contributed by atoms with van der Waals surface area (Å²) in [6, 6.07) is 2.42. The van der Waals surface area contributed by atoms with Crippen molar-refractivity contribution in [3.05, 3.63) is 47.1 Å². The van der Waals surface area contributed by atoms with Crippen molar-refractivity contribution in [2.24, 2.45) is 15.7 Å². The summed E-state index contributed by atoms with van der Waals surface area (Å²) in [4.78, 5) is 12.0. The molecule has 5 N–H and O–H groups in total. The average Bonchev–Trinajstić information content (AvgIpc) is 3.08. The maximum atomic E-state index is 13.2. The second-order valence-electron chi connectivity index (χ2n) is 5.74. The summed E-state index contributed by atoms with van der Waals surface area (Å²) in [5.74, 6) is 0.355. The molecule has 1 aromatic heterocycles. The van der Waals surface area contributed by atoms with Gasteiger partial charge in [0.1, 0.15) is 18.1 Å². The van der Waals surface area contributed by atoms with Gasteiger partial charge in [-0.2, -0.15) is 13.2 Å². The average molecular weight is 378 g/mol. The van der Waals surface area contributed by atoms with Crippen LogP contribution in [0, 0.1) is 12.3 Å². The molecule has 1 aromatic rings. The van der Waals surface area contributed by atoms with E-state index in [-0.39, 0.29) is 40.9 Å². The van der Waals surface area contributed by atoms with Crippen molar-refractivity contribution >= 4 is 23.1 Å². The van der Waals surface area contributed by atoms with Crippen molar-refractivity contribution in [3.63, 3.8) is 0 Å². The quantitative estimate of drug-likeness (QED) is 0.591. The highest BCUT2D eigenvalue weighted by atomic mass is 19.4. The number of hydrazine groups is 1. The minimum Gasteiger partial charge on any atom is -0.394 e. The van der Waals surface area contributed by atoms with Crippen LogP contribution >= 0.6 is 0 Å². The topological polar surface area (TPSA) is 115 Å². The Kier molecular flexibility index (Phi) is 4.70. The Bertz CT molecular complexity index is 911. The van der Waals surface area contributed by atoms with E-state index < -0.39 is 11.9 Å². The van der Waals surface area contributed by atoms with E-state index in [0.29, 0.717) is 5.84 Å². The molecular weight excluding hydrogens is 361 g/mol. The van der Waals surface area contributed by atoms with E-state index in [4.69, 9.17) is 11.1 Å². The Balaban J connectivity index is 2.25. The zero-order valence-electron chi connectivity index (χ0n) is 14.5. The minimum absolute atomic E-state index is 0.0282. The minimum atomic E-state index is -4.60. The van der Waals surface area contributed by atoms with Crippen LogP contribution in [0.15, 0.2) is 40.1 Å². The van der Waals surface area contributed by atoms with Crippen LogP contribution in [0.3, 0.4) is 0 Å². The van der Waals surface area contributed by atoms with Crippen LogP contribution in [0.4, 0.5) is 13.2 Å². The SMILES string of the molecule is CN/C=C\C(=N)C1=C(c2cc(C)nc(C(F)(F)F)c2)C2=NCNN2C(N)=N1. The first-order valence-electron chi connectivity index (χ1n) is 7.88. The molecule has 142 valence electrons. The molecule has 0 aliphatic carbocycles. The van der Waals surface area contributed by atoms with Crippen LogP contribution < -0.4 is 16.5 Å². The van der Waals surface area contributed by atoms with Crippen LogP contribution in [-0.2, 0) is 6.18 Å². The van der Waals surface area contributed by atoms with Crippen LogP contribution in [0.2, 0.25) is 0 Å². The van der Waals surface area contributed by atoms with Gasteiger partial charge in [0, 0.05) is 12.7 Å². The summed E-state index contributed by atoms with van der Waals surface area (Å²) in [5.41, 5.74) is 8.52. The van der Waals surface area contributed by atoms with Gasteiger partial charge in [0.15, 0.2) is 5.84 Å². The molecule has 0 unspecified atom stereocenters. The zero-order valence-corrected chi connectivity index (χ0v) is 14.5. The highest BCUT2D eigenvalue weighted by molar-refractivity contribution is 6.34. The smallest absolute Gasteiger partial charge is 0.394 e. The van der Waals surface area contributed by atoms with Gasteiger partial charge in [0.25, 0.3) is 0 Å².